The Bertz CT molecular complexity index is 128. The van der Waals surface area contributed by atoms with Crippen molar-refractivity contribution in [2.45, 2.75) is 32.6 Å². The lowest BCUT2D eigenvalue weighted by molar-refractivity contribution is -0.134. The monoisotopic (exact) mass is 156 g/mol. The van der Waals surface area contributed by atoms with E-state index in [1.807, 2.05) is 6.08 Å². The maximum absolute atomic E-state index is 10.5. The second kappa shape index (κ2) is 7.32. The average molecular weight is 156 g/mol. The number of hydrogen-bond acceptors (Lipinski definition) is 2. The zero-order valence-corrected chi connectivity index (χ0v) is 7.30. The molecule has 11 heavy (non-hydrogen) atoms. The van der Waals surface area contributed by atoms with Crippen LogP contribution in [0.5, 0.6) is 0 Å². The molecule has 0 fully saturated rings. The van der Waals surface area contributed by atoms with Gasteiger partial charge in [0.15, 0.2) is 0 Å². The molecule has 0 rings (SSSR count). The molecule has 0 aromatic heterocycles. The maximum atomic E-state index is 10.5. The van der Waals surface area contributed by atoms with Crippen LogP contribution in [0.3, 0.4) is 0 Å². The Morgan fingerprint density at radius 3 is 2.73 bits per heavy atom. The molecule has 0 aromatic carbocycles. The molecule has 0 aliphatic rings. The van der Waals surface area contributed by atoms with Crippen molar-refractivity contribution in [1.82, 2.24) is 0 Å². The quantitative estimate of drug-likeness (QED) is 0.347. The van der Waals surface area contributed by atoms with Gasteiger partial charge < -0.3 is 4.74 Å². The van der Waals surface area contributed by atoms with Crippen LogP contribution in [0, 0.1) is 0 Å². The third-order valence-corrected chi connectivity index (χ3v) is 1.43. The van der Waals surface area contributed by atoms with Gasteiger partial charge in [0, 0.05) is 6.08 Å². The summed E-state index contributed by atoms with van der Waals surface area (Å²) in [6.07, 6.45) is 7.92. The lowest BCUT2D eigenvalue weighted by Crippen LogP contribution is -1.93. The summed E-state index contributed by atoms with van der Waals surface area (Å²) in [4.78, 5) is 10.5. The highest BCUT2D eigenvalue weighted by Crippen LogP contribution is 1.99. The molecule has 0 aliphatic heterocycles. The van der Waals surface area contributed by atoms with E-state index in [1.165, 1.54) is 26.0 Å². The molecule has 0 saturated carbocycles. The number of carbonyl (C=O) groups excluding carboxylic acids is 1. The largest absolute Gasteiger partial charge is 0.466 e. The average Bonchev–Trinajstić information content (AvgIpc) is 2.04. The summed E-state index contributed by atoms with van der Waals surface area (Å²) >= 11 is 0. The Labute approximate surface area is 68.2 Å². The van der Waals surface area contributed by atoms with Gasteiger partial charge >= 0.3 is 5.97 Å². The van der Waals surface area contributed by atoms with Crippen molar-refractivity contribution < 1.29 is 9.53 Å². The second-order valence-corrected chi connectivity index (χ2v) is 2.42. The highest BCUT2D eigenvalue weighted by atomic mass is 16.5. The van der Waals surface area contributed by atoms with Crippen LogP contribution in [0.15, 0.2) is 12.2 Å². The molecule has 0 aromatic rings. The molecule has 0 aliphatic carbocycles. The number of esters is 1. The van der Waals surface area contributed by atoms with Gasteiger partial charge in [-0.3, -0.25) is 0 Å². The molecule has 0 unspecified atom stereocenters. The van der Waals surface area contributed by atoms with Crippen molar-refractivity contribution in [1.29, 1.82) is 0 Å². The molecule has 2 heteroatoms. The van der Waals surface area contributed by atoms with Crippen LogP contribution in [0.4, 0.5) is 0 Å². The molecule has 0 heterocycles. The Morgan fingerprint density at radius 2 is 2.18 bits per heavy atom. The van der Waals surface area contributed by atoms with E-state index in [0.717, 1.165) is 12.8 Å². The van der Waals surface area contributed by atoms with Crippen LogP contribution in [0.25, 0.3) is 0 Å². The third-order valence-electron chi connectivity index (χ3n) is 1.43. The van der Waals surface area contributed by atoms with Gasteiger partial charge in [-0.25, -0.2) is 4.79 Å². The van der Waals surface area contributed by atoms with Gasteiger partial charge in [0.25, 0.3) is 0 Å². The Hall–Kier alpha value is -0.790. The summed E-state index contributed by atoms with van der Waals surface area (Å²) in [7, 11) is 1.39. The first-order chi connectivity index (χ1) is 5.31. The molecule has 64 valence electrons. The molecule has 0 amide bonds. The minimum absolute atomic E-state index is 0.263. The van der Waals surface area contributed by atoms with Crippen molar-refractivity contribution in [2.75, 3.05) is 7.11 Å². The molecule has 0 spiro atoms. The molecular weight excluding hydrogens is 140 g/mol. The number of rotatable bonds is 5. The Kier molecular flexibility index (Phi) is 6.79. The molecule has 0 radical (unpaired) electrons. The number of unbranched alkanes of at least 4 members (excludes halogenated alkanes) is 3. The van der Waals surface area contributed by atoms with Crippen molar-refractivity contribution in [3.8, 4) is 0 Å². The van der Waals surface area contributed by atoms with Gasteiger partial charge in [-0.15, -0.1) is 0 Å². The molecular formula is C9H16O2. The minimum atomic E-state index is -0.263. The van der Waals surface area contributed by atoms with Crippen molar-refractivity contribution >= 4 is 5.97 Å². The van der Waals surface area contributed by atoms with Crippen LogP contribution in [0.2, 0.25) is 0 Å². The second-order valence-electron chi connectivity index (χ2n) is 2.42. The van der Waals surface area contributed by atoms with Gasteiger partial charge in [-0.1, -0.05) is 25.8 Å². The lowest BCUT2D eigenvalue weighted by atomic mass is 10.2. The first kappa shape index (κ1) is 10.2. The van der Waals surface area contributed by atoms with Crippen molar-refractivity contribution in [2.24, 2.45) is 0 Å². The Balaban J connectivity index is 3.22. The van der Waals surface area contributed by atoms with Crippen molar-refractivity contribution in [3.05, 3.63) is 12.2 Å². The predicted molar refractivity (Wildman–Crippen MR) is 45.3 cm³/mol. The lowest BCUT2D eigenvalue weighted by Gasteiger charge is -1.91. The van der Waals surface area contributed by atoms with E-state index in [1.54, 1.807) is 0 Å². The van der Waals surface area contributed by atoms with Gasteiger partial charge in [0.05, 0.1) is 7.11 Å². The summed E-state index contributed by atoms with van der Waals surface area (Å²) in [5.74, 6) is -0.263. The van der Waals surface area contributed by atoms with E-state index in [2.05, 4.69) is 11.7 Å². The van der Waals surface area contributed by atoms with E-state index in [4.69, 9.17) is 0 Å². The van der Waals surface area contributed by atoms with Crippen molar-refractivity contribution in [3.63, 3.8) is 0 Å². The smallest absolute Gasteiger partial charge is 0.330 e. The number of methoxy groups -OCH3 is 1. The van der Waals surface area contributed by atoms with Crippen LogP contribution in [0.1, 0.15) is 32.6 Å². The number of carbonyl (C=O) groups is 1. The number of hydrogen-bond donors (Lipinski definition) is 0. The van der Waals surface area contributed by atoms with Crippen LogP contribution < -0.4 is 0 Å². The highest BCUT2D eigenvalue weighted by Gasteiger charge is 1.88. The molecule has 0 saturated heterocycles. The van der Waals surface area contributed by atoms with E-state index in [9.17, 15) is 4.79 Å². The van der Waals surface area contributed by atoms with E-state index in [0.29, 0.717) is 0 Å². The summed E-state index contributed by atoms with van der Waals surface area (Å²) in [6, 6.07) is 0. The van der Waals surface area contributed by atoms with Gasteiger partial charge in [0.2, 0.25) is 0 Å². The highest BCUT2D eigenvalue weighted by molar-refractivity contribution is 5.81. The van der Waals surface area contributed by atoms with Gasteiger partial charge in [0.1, 0.15) is 0 Å². The van der Waals surface area contributed by atoms with Gasteiger partial charge in [-0.2, -0.15) is 0 Å². The zero-order valence-electron chi connectivity index (χ0n) is 7.30. The fourth-order valence-corrected chi connectivity index (χ4v) is 0.760. The Morgan fingerprint density at radius 1 is 1.45 bits per heavy atom. The fourth-order valence-electron chi connectivity index (χ4n) is 0.760. The molecule has 0 atom stereocenters. The first-order valence-electron chi connectivity index (χ1n) is 4.05. The maximum Gasteiger partial charge on any atom is 0.330 e. The van der Waals surface area contributed by atoms with E-state index < -0.39 is 0 Å². The number of ether oxygens (including phenoxy) is 1. The normalized spacial score (nSPS) is 10.4. The van der Waals surface area contributed by atoms with Gasteiger partial charge in [-0.05, 0) is 12.8 Å². The van der Waals surface area contributed by atoms with E-state index in [-0.39, 0.29) is 5.97 Å². The van der Waals surface area contributed by atoms with Crippen LogP contribution in [-0.2, 0) is 9.53 Å². The summed E-state index contributed by atoms with van der Waals surface area (Å²) in [5.41, 5.74) is 0. The molecule has 0 bridgehead atoms. The minimum Gasteiger partial charge on any atom is -0.466 e. The summed E-state index contributed by atoms with van der Waals surface area (Å²) in [6.45, 7) is 2.16. The number of allylic oxidation sites excluding steroid dienone is 1. The third kappa shape index (κ3) is 7.10. The van der Waals surface area contributed by atoms with Crippen LogP contribution >= 0.6 is 0 Å². The zero-order chi connectivity index (χ0) is 8.53. The standard InChI is InChI=1S/C9H16O2/c1-3-4-5-6-7-8-9(10)11-2/h7-8H,3-6H2,1-2H3/b8-7+. The van der Waals surface area contributed by atoms with E-state index >= 15 is 0 Å². The fraction of sp³-hybridized carbons (Fsp3) is 0.667. The topological polar surface area (TPSA) is 26.3 Å². The first-order valence-corrected chi connectivity index (χ1v) is 4.05. The summed E-state index contributed by atoms with van der Waals surface area (Å²) < 4.78 is 4.43. The predicted octanol–water partition coefficient (Wildman–Crippen LogP) is 2.30. The SMILES string of the molecule is CCCCC/C=C/C(=O)OC. The molecule has 2 nitrogen and oxygen atoms in total. The molecule has 0 N–H and O–H groups in total. The van der Waals surface area contributed by atoms with Crippen LogP contribution in [-0.4, -0.2) is 13.1 Å². The summed E-state index contributed by atoms with van der Waals surface area (Å²) in [5, 5.41) is 0.